The Labute approximate surface area is 176 Å². The number of phenolic OH excluding ortho intramolecular Hbond substituents is 1. The van der Waals surface area contributed by atoms with Gasteiger partial charge in [-0.25, -0.2) is 0 Å². The first-order chi connectivity index (χ1) is 14.6. The van der Waals surface area contributed by atoms with Crippen LogP contribution in [0.5, 0.6) is 5.75 Å². The maximum atomic E-state index is 12.9. The molecule has 4 rings (SSSR count). The molecule has 31 heavy (non-hydrogen) atoms. The number of nitrogens with zero attached hydrogens (tertiary/aromatic N) is 1. The van der Waals surface area contributed by atoms with Gasteiger partial charge in [0.15, 0.2) is 5.71 Å². The van der Waals surface area contributed by atoms with E-state index in [1.165, 1.54) is 6.07 Å². The minimum Gasteiger partial charge on any atom is -0.505 e. The molecule has 0 saturated heterocycles. The van der Waals surface area contributed by atoms with E-state index in [9.17, 15) is 23.1 Å². The van der Waals surface area contributed by atoms with Gasteiger partial charge >= 0.3 is 6.18 Å². The predicted octanol–water partition coefficient (Wildman–Crippen LogP) is 5.46. The van der Waals surface area contributed by atoms with E-state index in [2.05, 4.69) is 15.8 Å². The summed E-state index contributed by atoms with van der Waals surface area (Å²) >= 11 is 0. The van der Waals surface area contributed by atoms with E-state index in [0.717, 1.165) is 28.8 Å². The van der Waals surface area contributed by atoms with Crippen molar-refractivity contribution in [3.8, 4) is 16.9 Å². The molecule has 1 heterocycles. The van der Waals surface area contributed by atoms with Crippen LogP contribution in [-0.2, 0) is 11.0 Å². The van der Waals surface area contributed by atoms with Gasteiger partial charge in [0.25, 0.3) is 5.91 Å². The molecule has 0 atom stereocenters. The number of rotatable bonds is 3. The molecule has 0 fully saturated rings. The molecule has 0 spiro atoms. The summed E-state index contributed by atoms with van der Waals surface area (Å²) in [6.07, 6.45) is -4.52. The number of anilines is 2. The number of amides is 1. The van der Waals surface area contributed by atoms with E-state index in [1.54, 1.807) is 18.2 Å². The number of alkyl halides is 3. The Hall–Kier alpha value is -3.81. The van der Waals surface area contributed by atoms with Crippen LogP contribution in [0.3, 0.4) is 0 Å². The van der Waals surface area contributed by atoms with Gasteiger partial charge in [0, 0.05) is 11.1 Å². The summed E-state index contributed by atoms with van der Waals surface area (Å²) in [4.78, 5) is 12.2. The smallest absolute Gasteiger partial charge is 0.416 e. The Morgan fingerprint density at radius 3 is 2.35 bits per heavy atom. The van der Waals surface area contributed by atoms with Gasteiger partial charge in [0.2, 0.25) is 0 Å². The number of carbonyl (C=O) groups is 1. The van der Waals surface area contributed by atoms with Crippen molar-refractivity contribution in [2.45, 2.75) is 20.0 Å². The predicted molar refractivity (Wildman–Crippen MR) is 113 cm³/mol. The first kappa shape index (κ1) is 20.5. The van der Waals surface area contributed by atoms with Crippen molar-refractivity contribution in [3.05, 3.63) is 76.9 Å². The number of aromatic hydroxyl groups is 1. The van der Waals surface area contributed by atoms with Crippen molar-refractivity contribution < 1.29 is 23.1 Å². The van der Waals surface area contributed by atoms with E-state index < -0.39 is 17.6 Å². The van der Waals surface area contributed by atoms with Crippen molar-refractivity contribution >= 4 is 23.0 Å². The number of aryl methyl sites for hydroxylation is 2. The summed E-state index contributed by atoms with van der Waals surface area (Å²) in [5.74, 6) is -0.685. The number of carbonyl (C=O) groups excluding carboxylic acids is 1. The van der Waals surface area contributed by atoms with Crippen molar-refractivity contribution in [1.82, 2.24) is 0 Å². The molecular formula is C23H18F3N3O2. The number of nitrogens with one attached hydrogen (secondary N) is 2. The highest BCUT2D eigenvalue weighted by molar-refractivity contribution is 6.53. The highest BCUT2D eigenvalue weighted by Gasteiger charge is 2.34. The molecular weight excluding hydrogens is 407 g/mol. The Morgan fingerprint density at radius 1 is 0.968 bits per heavy atom. The average molecular weight is 425 g/mol. The normalized spacial score (nSPS) is 14.5. The second kappa shape index (κ2) is 7.46. The van der Waals surface area contributed by atoms with Gasteiger partial charge in [-0.15, -0.1) is 0 Å². The minimum atomic E-state index is -4.52. The Kier molecular flexibility index (Phi) is 4.93. The lowest BCUT2D eigenvalue weighted by Gasteiger charge is -2.11. The number of phenols is 1. The third-order valence-electron chi connectivity index (χ3n) is 4.92. The fraction of sp³-hybridized carbons (Fsp3) is 0.130. The van der Waals surface area contributed by atoms with Gasteiger partial charge in [-0.2, -0.15) is 18.3 Å². The van der Waals surface area contributed by atoms with Crippen molar-refractivity contribution in [2.75, 3.05) is 10.7 Å². The summed E-state index contributed by atoms with van der Waals surface area (Å²) in [7, 11) is 0. The van der Waals surface area contributed by atoms with Crippen molar-refractivity contribution in [1.29, 1.82) is 0 Å². The summed E-state index contributed by atoms with van der Waals surface area (Å²) < 4.78 is 38.7. The average Bonchev–Trinajstić information content (AvgIpc) is 3.00. The quantitative estimate of drug-likeness (QED) is 0.385. The number of para-hydroxylation sites is 1. The van der Waals surface area contributed by atoms with Crippen LogP contribution < -0.4 is 10.7 Å². The van der Waals surface area contributed by atoms with E-state index >= 15 is 0 Å². The molecule has 8 heteroatoms. The number of halogens is 3. The number of benzene rings is 3. The zero-order chi connectivity index (χ0) is 22.3. The van der Waals surface area contributed by atoms with Crippen molar-refractivity contribution in [2.24, 2.45) is 5.10 Å². The molecule has 0 unspecified atom stereocenters. The topological polar surface area (TPSA) is 73.7 Å². The van der Waals surface area contributed by atoms with Gasteiger partial charge in [-0.3, -0.25) is 10.2 Å². The Balaban J connectivity index is 1.67. The second-order valence-electron chi connectivity index (χ2n) is 7.36. The van der Waals surface area contributed by atoms with Crippen LogP contribution >= 0.6 is 0 Å². The van der Waals surface area contributed by atoms with Crippen LogP contribution in [-0.4, -0.2) is 16.7 Å². The van der Waals surface area contributed by atoms with Crippen LogP contribution in [0.1, 0.15) is 22.3 Å². The van der Waals surface area contributed by atoms with Crippen LogP contribution in [0, 0.1) is 13.8 Å². The van der Waals surface area contributed by atoms with Gasteiger partial charge in [-0.1, -0.05) is 41.5 Å². The fourth-order valence-corrected chi connectivity index (χ4v) is 3.56. The minimum absolute atomic E-state index is 0.0357. The summed E-state index contributed by atoms with van der Waals surface area (Å²) in [5, 5.41) is 17.2. The maximum absolute atomic E-state index is 12.9. The van der Waals surface area contributed by atoms with E-state index in [1.807, 2.05) is 32.0 Å². The van der Waals surface area contributed by atoms with Crippen LogP contribution in [0.15, 0.2) is 59.7 Å². The largest absolute Gasteiger partial charge is 0.505 e. The molecule has 158 valence electrons. The number of hydrazone groups is 1. The first-order valence-electron chi connectivity index (χ1n) is 9.41. The summed E-state index contributed by atoms with van der Waals surface area (Å²) in [5.41, 5.74) is 5.79. The zero-order valence-corrected chi connectivity index (χ0v) is 16.6. The molecule has 3 aromatic carbocycles. The second-order valence-corrected chi connectivity index (χ2v) is 7.36. The number of hydrogen-bond acceptors (Lipinski definition) is 4. The fourth-order valence-electron chi connectivity index (χ4n) is 3.56. The third-order valence-corrected chi connectivity index (χ3v) is 4.92. The van der Waals surface area contributed by atoms with Crippen LogP contribution in [0.4, 0.5) is 24.5 Å². The molecule has 0 saturated carbocycles. The molecule has 0 radical (unpaired) electrons. The maximum Gasteiger partial charge on any atom is 0.416 e. The van der Waals surface area contributed by atoms with Crippen molar-refractivity contribution in [3.63, 3.8) is 0 Å². The summed E-state index contributed by atoms with van der Waals surface area (Å²) in [6, 6.07) is 13.9. The lowest BCUT2D eigenvalue weighted by molar-refractivity contribution is -0.137. The van der Waals surface area contributed by atoms with E-state index in [4.69, 9.17) is 0 Å². The molecule has 0 bridgehead atoms. The molecule has 1 aliphatic rings. The highest BCUT2D eigenvalue weighted by atomic mass is 19.4. The third kappa shape index (κ3) is 3.96. The SMILES string of the molecule is Cc1cc(C)cc(-c2cccc(NN=C3C(=O)Nc4cc(C(F)(F)F)ccc43)c2O)c1. The van der Waals surface area contributed by atoms with E-state index in [0.29, 0.717) is 5.56 Å². The lowest BCUT2D eigenvalue weighted by Crippen LogP contribution is -2.15. The first-order valence-corrected chi connectivity index (χ1v) is 9.41. The molecule has 0 aromatic heterocycles. The van der Waals surface area contributed by atoms with Crippen LogP contribution in [0.25, 0.3) is 11.1 Å². The van der Waals surface area contributed by atoms with Gasteiger partial charge < -0.3 is 10.4 Å². The van der Waals surface area contributed by atoms with Gasteiger partial charge in [-0.05, 0) is 43.7 Å². The number of fused-ring (bicyclic) bond motifs is 1. The monoisotopic (exact) mass is 425 g/mol. The van der Waals surface area contributed by atoms with Gasteiger partial charge in [0.05, 0.1) is 16.9 Å². The van der Waals surface area contributed by atoms with E-state index in [-0.39, 0.29) is 28.4 Å². The Morgan fingerprint density at radius 2 is 1.68 bits per heavy atom. The molecule has 3 N–H and O–H groups in total. The van der Waals surface area contributed by atoms with Crippen LogP contribution in [0.2, 0.25) is 0 Å². The number of hydrogen-bond donors (Lipinski definition) is 3. The highest BCUT2D eigenvalue weighted by Crippen LogP contribution is 2.37. The standard InChI is InChI=1S/C23H18F3N3O2/c1-12-8-13(2)10-14(9-12)16-4-3-5-18(21(16)30)28-29-20-17-7-6-15(23(24,25)26)11-19(17)27-22(20)31/h3-11,28,30H,1-2H3,(H,27,29,31). The molecule has 1 aliphatic heterocycles. The molecule has 1 amide bonds. The molecule has 3 aromatic rings. The van der Waals surface area contributed by atoms with Gasteiger partial charge in [0.1, 0.15) is 5.75 Å². The summed E-state index contributed by atoms with van der Waals surface area (Å²) in [6.45, 7) is 3.92. The Bertz CT molecular complexity index is 1210. The zero-order valence-electron chi connectivity index (χ0n) is 16.6. The molecule has 5 nitrogen and oxygen atoms in total. The lowest BCUT2D eigenvalue weighted by atomic mass is 9.99. The molecule has 0 aliphatic carbocycles.